The zero-order chi connectivity index (χ0) is 26.1. The molecule has 4 aromatic rings. The molecule has 0 fully saturated rings. The topological polar surface area (TPSA) is 97.6 Å². The average Bonchev–Trinajstić information content (AvgIpc) is 3.48. The Bertz CT molecular complexity index is 1770. The number of fused-ring (bicyclic) bond motifs is 1. The first-order valence-corrected chi connectivity index (χ1v) is 12.3. The van der Waals surface area contributed by atoms with E-state index in [1.807, 2.05) is 6.07 Å². The molecule has 2 aromatic carbocycles. The monoisotopic (exact) mass is 513 g/mol. The number of rotatable bonds is 5. The third-order valence-corrected chi connectivity index (χ3v) is 6.90. The Kier molecular flexibility index (Phi) is 6.42. The molecule has 7 nitrogen and oxygen atoms in total. The normalized spacial score (nSPS) is 15.2. The molecule has 0 radical (unpaired) electrons. The van der Waals surface area contributed by atoms with Gasteiger partial charge in [0.25, 0.3) is 5.56 Å². The second kappa shape index (κ2) is 9.84. The molecule has 0 spiro atoms. The number of allylic oxidation sites excluding steroid dienone is 1. The number of thiazole rings is 1. The van der Waals surface area contributed by atoms with E-state index in [1.54, 1.807) is 62.4 Å². The van der Waals surface area contributed by atoms with Gasteiger partial charge in [0.2, 0.25) is 0 Å². The second-order valence-corrected chi connectivity index (χ2v) is 9.22. The van der Waals surface area contributed by atoms with Gasteiger partial charge in [0.05, 0.1) is 40.1 Å². The van der Waals surface area contributed by atoms with Crippen molar-refractivity contribution in [3.05, 3.63) is 114 Å². The van der Waals surface area contributed by atoms with E-state index in [0.29, 0.717) is 43.2 Å². The Morgan fingerprint density at radius 1 is 1.22 bits per heavy atom. The summed E-state index contributed by atoms with van der Waals surface area (Å²) in [6, 6.07) is 17.5. The van der Waals surface area contributed by atoms with Crippen LogP contribution >= 0.6 is 11.3 Å². The molecule has 0 aliphatic carbocycles. The van der Waals surface area contributed by atoms with Gasteiger partial charge in [-0.3, -0.25) is 9.36 Å². The van der Waals surface area contributed by atoms with Gasteiger partial charge in [0, 0.05) is 11.6 Å². The summed E-state index contributed by atoms with van der Waals surface area (Å²) in [6.45, 7) is 3.54. The van der Waals surface area contributed by atoms with E-state index >= 15 is 0 Å². The van der Waals surface area contributed by atoms with Crippen LogP contribution < -0.4 is 14.9 Å². The molecule has 0 amide bonds. The molecule has 0 unspecified atom stereocenters. The van der Waals surface area contributed by atoms with Gasteiger partial charge in [-0.25, -0.2) is 14.2 Å². The molecule has 0 N–H and O–H groups in total. The maximum atomic E-state index is 13.7. The number of halogens is 1. The zero-order valence-electron chi connectivity index (χ0n) is 19.9. The lowest BCUT2D eigenvalue weighted by atomic mass is 9.96. The smallest absolute Gasteiger partial charge is 0.338 e. The second-order valence-electron chi connectivity index (χ2n) is 8.21. The first-order valence-electron chi connectivity index (χ1n) is 11.5. The van der Waals surface area contributed by atoms with E-state index in [9.17, 15) is 19.2 Å². The number of ether oxygens (including phenoxy) is 1. The minimum Gasteiger partial charge on any atom is -0.463 e. The highest BCUT2D eigenvalue weighted by molar-refractivity contribution is 7.07. The highest BCUT2D eigenvalue weighted by atomic mass is 32.1. The Morgan fingerprint density at radius 2 is 1.97 bits per heavy atom. The first kappa shape index (κ1) is 24.2. The molecule has 1 atom stereocenters. The average molecular weight is 514 g/mol. The number of aromatic nitrogens is 1. The standard InChI is InChI=1S/C28H20FN3O4S/c1-3-35-27(34)24-16(2)31-28-32(25(24)17-8-10-19(29)11-9-17)26(33)23(37-28)14-20-12-13-22(36-20)21-7-5-4-6-18(21)15-30/h4-14,25H,3H2,1-2H3/t25-/m1/s1. The van der Waals surface area contributed by atoms with E-state index in [1.165, 1.54) is 16.7 Å². The van der Waals surface area contributed by atoms with Crippen LogP contribution in [-0.4, -0.2) is 17.1 Å². The van der Waals surface area contributed by atoms with Gasteiger partial charge in [-0.05, 0) is 55.8 Å². The highest BCUT2D eigenvalue weighted by Gasteiger charge is 2.33. The summed E-state index contributed by atoms with van der Waals surface area (Å²) in [5.41, 5.74) is 1.96. The Hall–Kier alpha value is -4.55. The summed E-state index contributed by atoms with van der Waals surface area (Å²) in [5, 5.41) is 9.39. The molecule has 9 heteroatoms. The maximum Gasteiger partial charge on any atom is 0.338 e. The Labute approximate surface area is 214 Å². The molecule has 37 heavy (non-hydrogen) atoms. The van der Waals surface area contributed by atoms with Gasteiger partial charge in [-0.1, -0.05) is 35.6 Å². The molecular weight excluding hydrogens is 493 g/mol. The molecule has 0 bridgehead atoms. The van der Waals surface area contributed by atoms with Crippen LogP contribution in [0.15, 0.2) is 86.1 Å². The minimum atomic E-state index is -0.826. The van der Waals surface area contributed by atoms with Crippen molar-refractivity contribution in [2.75, 3.05) is 6.61 Å². The molecule has 184 valence electrons. The van der Waals surface area contributed by atoms with Gasteiger partial charge in [-0.2, -0.15) is 5.26 Å². The van der Waals surface area contributed by atoms with Gasteiger partial charge in [0.15, 0.2) is 4.80 Å². The Morgan fingerprint density at radius 3 is 2.70 bits per heavy atom. The number of carbonyl (C=O) groups excluding carboxylic acids is 1. The summed E-state index contributed by atoms with van der Waals surface area (Å²) in [5.74, 6) is -0.0891. The molecule has 2 aromatic heterocycles. The number of benzene rings is 2. The van der Waals surface area contributed by atoms with Crippen LogP contribution in [0.4, 0.5) is 4.39 Å². The van der Waals surface area contributed by atoms with Crippen molar-refractivity contribution in [1.82, 2.24) is 4.57 Å². The largest absolute Gasteiger partial charge is 0.463 e. The maximum absolute atomic E-state index is 13.7. The number of carbonyl (C=O) groups is 1. The van der Waals surface area contributed by atoms with Crippen molar-refractivity contribution < 1.29 is 18.3 Å². The minimum absolute atomic E-state index is 0.159. The van der Waals surface area contributed by atoms with Crippen molar-refractivity contribution in [2.24, 2.45) is 4.99 Å². The van der Waals surface area contributed by atoms with Crippen LogP contribution in [0.5, 0.6) is 0 Å². The number of esters is 1. The van der Waals surface area contributed by atoms with E-state index in [4.69, 9.17) is 9.15 Å². The van der Waals surface area contributed by atoms with Gasteiger partial charge in [-0.15, -0.1) is 0 Å². The number of nitriles is 1. The molecule has 5 rings (SSSR count). The van der Waals surface area contributed by atoms with E-state index < -0.39 is 17.8 Å². The third-order valence-electron chi connectivity index (χ3n) is 5.92. The summed E-state index contributed by atoms with van der Waals surface area (Å²) in [4.78, 5) is 31.4. The predicted octanol–water partition coefficient (Wildman–Crippen LogP) is 4.07. The SMILES string of the molecule is CCOC(=O)C1=C(C)N=c2sc(=Cc3ccc(-c4ccccc4C#N)o3)c(=O)n2[C@@H]1c1ccc(F)cc1. The number of hydrogen-bond acceptors (Lipinski definition) is 7. The lowest BCUT2D eigenvalue weighted by Gasteiger charge is -2.24. The van der Waals surface area contributed by atoms with Crippen LogP contribution in [0.1, 0.15) is 36.8 Å². The number of hydrogen-bond donors (Lipinski definition) is 0. The van der Waals surface area contributed by atoms with Crippen LogP contribution in [0.3, 0.4) is 0 Å². The highest BCUT2D eigenvalue weighted by Crippen LogP contribution is 2.31. The summed E-state index contributed by atoms with van der Waals surface area (Å²) in [6.07, 6.45) is 1.60. The molecule has 3 heterocycles. The number of furan rings is 1. The van der Waals surface area contributed by atoms with Crippen molar-refractivity contribution in [3.8, 4) is 17.4 Å². The quantitative estimate of drug-likeness (QED) is 0.375. The first-order chi connectivity index (χ1) is 17.9. The van der Waals surface area contributed by atoms with Crippen molar-refractivity contribution >= 4 is 23.4 Å². The predicted molar refractivity (Wildman–Crippen MR) is 136 cm³/mol. The van der Waals surface area contributed by atoms with E-state index in [-0.39, 0.29) is 17.7 Å². The lowest BCUT2D eigenvalue weighted by Crippen LogP contribution is -2.39. The van der Waals surface area contributed by atoms with Crippen LogP contribution in [0, 0.1) is 17.1 Å². The van der Waals surface area contributed by atoms with Crippen LogP contribution in [0.25, 0.3) is 17.4 Å². The molecule has 1 aliphatic heterocycles. The fraction of sp³-hybridized carbons (Fsp3) is 0.143. The van der Waals surface area contributed by atoms with E-state index in [0.717, 1.165) is 11.3 Å². The molecular formula is C28H20FN3O4S. The fourth-order valence-electron chi connectivity index (χ4n) is 4.25. The fourth-order valence-corrected chi connectivity index (χ4v) is 5.28. The van der Waals surface area contributed by atoms with Crippen molar-refractivity contribution in [1.29, 1.82) is 5.26 Å². The molecule has 0 saturated heterocycles. The lowest BCUT2D eigenvalue weighted by molar-refractivity contribution is -0.139. The van der Waals surface area contributed by atoms with Gasteiger partial charge >= 0.3 is 5.97 Å². The summed E-state index contributed by atoms with van der Waals surface area (Å²) >= 11 is 1.16. The molecule has 0 saturated carbocycles. The summed E-state index contributed by atoms with van der Waals surface area (Å²) in [7, 11) is 0. The molecule has 1 aliphatic rings. The van der Waals surface area contributed by atoms with Crippen LogP contribution in [-0.2, 0) is 9.53 Å². The van der Waals surface area contributed by atoms with Crippen molar-refractivity contribution in [3.63, 3.8) is 0 Å². The number of nitrogens with zero attached hydrogens (tertiary/aromatic N) is 3. The van der Waals surface area contributed by atoms with Crippen molar-refractivity contribution in [2.45, 2.75) is 19.9 Å². The third kappa shape index (κ3) is 4.43. The van der Waals surface area contributed by atoms with E-state index in [2.05, 4.69) is 11.1 Å². The summed E-state index contributed by atoms with van der Waals surface area (Å²) < 4.78 is 26.6. The van der Waals surface area contributed by atoms with Gasteiger partial charge in [0.1, 0.15) is 17.3 Å². The van der Waals surface area contributed by atoms with Gasteiger partial charge < -0.3 is 9.15 Å². The van der Waals surface area contributed by atoms with Crippen LogP contribution in [0.2, 0.25) is 0 Å². The zero-order valence-corrected chi connectivity index (χ0v) is 20.7. The Balaban J connectivity index is 1.64.